The van der Waals surface area contributed by atoms with E-state index in [2.05, 4.69) is 5.32 Å². The molecule has 7 heteroatoms. The van der Waals surface area contributed by atoms with Gasteiger partial charge in [-0.15, -0.1) is 0 Å². The Morgan fingerprint density at radius 2 is 2.00 bits per heavy atom. The van der Waals surface area contributed by atoms with Crippen LogP contribution in [-0.2, 0) is 25.7 Å². The van der Waals surface area contributed by atoms with Crippen molar-refractivity contribution in [2.75, 3.05) is 26.3 Å². The van der Waals surface area contributed by atoms with Gasteiger partial charge in [-0.2, -0.15) is 0 Å². The van der Waals surface area contributed by atoms with Crippen molar-refractivity contribution >= 4 is 17.8 Å². The number of nitrogens with zero attached hydrogens (tertiary/aromatic N) is 1. The Labute approximate surface area is 171 Å². The normalized spacial score (nSPS) is 18.6. The number of aliphatic hydroxyl groups excluding tert-OH is 1. The number of hydrogen-bond acceptors (Lipinski definition) is 5. The molecular formula is C22H30N2O5. The number of carbonyl (C=O) groups excluding carboxylic acids is 3. The van der Waals surface area contributed by atoms with E-state index in [-0.39, 0.29) is 50.5 Å². The van der Waals surface area contributed by atoms with Gasteiger partial charge in [0, 0.05) is 25.9 Å². The van der Waals surface area contributed by atoms with E-state index < -0.39 is 5.92 Å². The summed E-state index contributed by atoms with van der Waals surface area (Å²) in [5, 5.41) is 12.1. The minimum absolute atomic E-state index is 0.0583. The van der Waals surface area contributed by atoms with Crippen LogP contribution >= 0.6 is 0 Å². The summed E-state index contributed by atoms with van der Waals surface area (Å²) in [6, 6.07) is 9.55. The molecule has 1 aliphatic heterocycles. The van der Waals surface area contributed by atoms with Gasteiger partial charge in [0.05, 0.1) is 19.1 Å². The maximum absolute atomic E-state index is 12.9. The molecule has 29 heavy (non-hydrogen) atoms. The molecule has 0 fully saturated rings. The van der Waals surface area contributed by atoms with E-state index in [0.717, 1.165) is 12.0 Å². The number of cyclic esters (lactones) is 1. The monoisotopic (exact) mass is 402 g/mol. The number of hydrogen-bond donors (Lipinski definition) is 2. The number of aliphatic hydroxyl groups is 1. The fraction of sp³-hybridized carbons (Fsp3) is 0.500. The summed E-state index contributed by atoms with van der Waals surface area (Å²) in [4.78, 5) is 38.5. The molecule has 2 rings (SSSR count). The van der Waals surface area contributed by atoms with Crippen LogP contribution < -0.4 is 5.32 Å². The molecule has 158 valence electrons. The standard InChI is InChI=1S/C22H30N2O5/c25-14-13-24(17-18-8-4-3-5-9-18)20(26)16-19-10-6-1-2-7-11-21(27)29-15-12-23-22(19)28/h1,3-6,8-9,19,25H,2,7,10-17H2,(H,23,28)/t19-/m1/s1. The molecule has 1 aliphatic rings. The number of benzene rings is 1. The Morgan fingerprint density at radius 3 is 2.76 bits per heavy atom. The third-order valence-electron chi connectivity index (χ3n) is 4.73. The lowest BCUT2D eigenvalue weighted by Crippen LogP contribution is -2.39. The number of allylic oxidation sites excluding steroid dienone is 2. The highest BCUT2D eigenvalue weighted by molar-refractivity contribution is 5.86. The van der Waals surface area contributed by atoms with E-state index in [1.54, 1.807) is 4.90 Å². The average molecular weight is 402 g/mol. The third-order valence-corrected chi connectivity index (χ3v) is 4.73. The molecule has 7 nitrogen and oxygen atoms in total. The van der Waals surface area contributed by atoms with Crippen LogP contribution in [0, 0.1) is 5.92 Å². The van der Waals surface area contributed by atoms with Crippen LogP contribution in [0.25, 0.3) is 0 Å². The zero-order valence-electron chi connectivity index (χ0n) is 16.7. The lowest BCUT2D eigenvalue weighted by Gasteiger charge is -2.24. The number of esters is 1. The van der Waals surface area contributed by atoms with Crippen LogP contribution in [0.15, 0.2) is 42.5 Å². The van der Waals surface area contributed by atoms with E-state index in [4.69, 9.17) is 4.74 Å². The molecule has 2 amide bonds. The molecule has 0 unspecified atom stereocenters. The minimum atomic E-state index is -0.507. The predicted molar refractivity (Wildman–Crippen MR) is 109 cm³/mol. The van der Waals surface area contributed by atoms with Gasteiger partial charge in [-0.3, -0.25) is 14.4 Å². The predicted octanol–water partition coefficient (Wildman–Crippen LogP) is 1.80. The first-order chi connectivity index (χ1) is 14.1. The van der Waals surface area contributed by atoms with Crippen molar-refractivity contribution in [3.8, 4) is 0 Å². The summed E-state index contributed by atoms with van der Waals surface area (Å²) in [5.41, 5.74) is 0.968. The van der Waals surface area contributed by atoms with Gasteiger partial charge in [-0.25, -0.2) is 0 Å². The topological polar surface area (TPSA) is 95.9 Å². The molecule has 0 saturated heterocycles. The largest absolute Gasteiger partial charge is 0.464 e. The van der Waals surface area contributed by atoms with Gasteiger partial charge in [0.15, 0.2) is 0 Å². The lowest BCUT2D eigenvalue weighted by atomic mass is 9.98. The third kappa shape index (κ3) is 8.48. The van der Waals surface area contributed by atoms with Crippen molar-refractivity contribution < 1.29 is 24.2 Å². The summed E-state index contributed by atoms with van der Waals surface area (Å²) < 4.78 is 5.08. The first-order valence-corrected chi connectivity index (χ1v) is 10.1. The Hall–Kier alpha value is -2.67. The first kappa shape index (κ1) is 22.6. The summed E-state index contributed by atoms with van der Waals surface area (Å²) in [5.74, 6) is -1.18. The second-order valence-electron chi connectivity index (χ2n) is 7.04. The number of nitrogens with one attached hydrogen (secondary N) is 1. The van der Waals surface area contributed by atoms with Crippen LogP contribution in [0.2, 0.25) is 0 Å². The van der Waals surface area contributed by atoms with Crippen LogP contribution in [0.1, 0.15) is 37.7 Å². The molecule has 0 bridgehead atoms. The fourth-order valence-electron chi connectivity index (χ4n) is 3.14. The minimum Gasteiger partial charge on any atom is -0.464 e. The van der Waals surface area contributed by atoms with Crippen molar-refractivity contribution in [3.63, 3.8) is 0 Å². The van der Waals surface area contributed by atoms with Crippen LogP contribution in [0.4, 0.5) is 0 Å². The Bertz CT molecular complexity index is 690. The maximum Gasteiger partial charge on any atom is 0.305 e. The second kappa shape index (κ2) is 12.7. The molecule has 1 aromatic carbocycles. The van der Waals surface area contributed by atoms with E-state index >= 15 is 0 Å². The van der Waals surface area contributed by atoms with Crippen molar-refractivity contribution in [2.24, 2.45) is 5.92 Å². The Balaban J connectivity index is 2.01. The number of ether oxygens (including phenoxy) is 1. The van der Waals surface area contributed by atoms with Gasteiger partial charge < -0.3 is 20.1 Å². The van der Waals surface area contributed by atoms with E-state index in [0.29, 0.717) is 25.8 Å². The number of carbonyl (C=O) groups is 3. The molecule has 0 spiro atoms. The summed E-state index contributed by atoms with van der Waals surface area (Å²) in [6.07, 6.45) is 6.12. The van der Waals surface area contributed by atoms with Gasteiger partial charge >= 0.3 is 5.97 Å². The van der Waals surface area contributed by atoms with E-state index in [1.807, 2.05) is 42.5 Å². The number of rotatable bonds is 6. The first-order valence-electron chi connectivity index (χ1n) is 10.1. The van der Waals surface area contributed by atoms with Gasteiger partial charge in [-0.1, -0.05) is 42.5 Å². The zero-order chi connectivity index (χ0) is 20.9. The van der Waals surface area contributed by atoms with Crippen molar-refractivity contribution in [1.29, 1.82) is 0 Å². The molecule has 1 atom stereocenters. The van der Waals surface area contributed by atoms with Gasteiger partial charge in [0.25, 0.3) is 0 Å². The average Bonchev–Trinajstić information content (AvgIpc) is 2.73. The van der Waals surface area contributed by atoms with Gasteiger partial charge in [0.2, 0.25) is 11.8 Å². The molecule has 0 saturated carbocycles. The lowest BCUT2D eigenvalue weighted by molar-refractivity contribution is -0.144. The second-order valence-corrected chi connectivity index (χ2v) is 7.04. The van der Waals surface area contributed by atoms with Crippen LogP contribution in [0.5, 0.6) is 0 Å². The zero-order valence-corrected chi connectivity index (χ0v) is 16.7. The highest BCUT2D eigenvalue weighted by Gasteiger charge is 2.24. The maximum atomic E-state index is 12.9. The summed E-state index contributed by atoms with van der Waals surface area (Å²) >= 11 is 0. The molecular weight excluding hydrogens is 372 g/mol. The molecule has 2 N–H and O–H groups in total. The molecule has 0 aromatic heterocycles. The van der Waals surface area contributed by atoms with Gasteiger partial charge in [-0.05, 0) is 24.8 Å². The van der Waals surface area contributed by atoms with Crippen molar-refractivity contribution in [1.82, 2.24) is 10.2 Å². The summed E-state index contributed by atoms with van der Waals surface area (Å²) in [7, 11) is 0. The number of amides is 2. The van der Waals surface area contributed by atoms with Crippen LogP contribution in [-0.4, -0.2) is 54.1 Å². The fourth-order valence-corrected chi connectivity index (χ4v) is 3.14. The van der Waals surface area contributed by atoms with Crippen molar-refractivity contribution in [3.05, 3.63) is 48.0 Å². The SMILES string of the molecule is O=C1CCCC=CC[C@H](CC(=O)N(CCO)Cc2ccccc2)C(=O)NCCO1. The van der Waals surface area contributed by atoms with E-state index in [1.165, 1.54) is 0 Å². The Kier molecular flexibility index (Phi) is 9.92. The van der Waals surface area contributed by atoms with Crippen molar-refractivity contribution in [2.45, 2.75) is 38.6 Å². The molecule has 1 heterocycles. The summed E-state index contributed by atoms with van der Waals surface area (Å²) in [6.45, 7) is 0.821. The van der Waals surface area contributed by atoms with Gasteiger partial charge in [0.1, 0.15) is 6.61 Å². The van der Waals surface area contributed by atoms with E-state index in [9.17, 15) is 19.5 Å². The smallest absolute Gasteiger partial charge is 0.305 e. The molecule has 0 aliphatic carbocycles. The highest BCUT2D eigenvalue weighted by Crippen LogP contribution is 2.15. The highest BCUT2D eigenvalue weighted by atomic mass is 16.5. The quantitative estimate of drug-likeness (QED) is 0.559. The van der Waals surface area contributed by atoms with Crippen LogP contribution in [0.3, 0.4) is 0 Å². The Morgan fingerprint density at radius 1 is 1.21 bits per heavy atom. The molecule has 1 aromatic rings. The molecule has 0 radical (unpaired) electrons.